The molecule has 30 heavy (non-hydrogen) atoms. The quantitative estimate of drug-likeness (QED) is 0.800. The Morgan fingerprint density at radius 1 is 1.07 bits per heavy atom. The second kappa shape index (κ2) is 7.37. The summed E-state index contributed by atoms with van der Waals surface area (Å²) in [5.74, 6) is 0.377. The summed E-state index contributed by atoms with van der Waals surface area (Å²) in [6, 6.07) is 12.2. The van der Waals surface area contributed by atoms with Crippen LogP contribution < -0.4 is 4.74 Å². The maximum absolute atomic E-state index is 13.1. The molecule has 1 fully saturated rings. The van der Waals surface area contributed by atoms with Crippen LogP contribution in [0.4, 0.5) is 0 Å². The van der Waals surface area contributed by atoms with Gasteiger partial charge in [0.05, 0.1) is 22.4 Å². The predicted molar refractivity (Wildman–Crippen MR) is 111 cm³/mol. The Balaban J connectivity index is 1.82. The number of likely N-dealkylation sites (N-methyl/N-ethyl adjacent to an activating group) is 1. The molecule has 2 heterocycles. The average Bonchev–Trinajstić information content (AvgIpc) is 2.70. The molecule has 160 valence electrons. The molecule has 1 saturated heterocycles. The second-order valence-corrected chi connectivity index (χ2v) is 10.4. The second-order valence-electron chi connectivity index (χ2n) is 8.44. The number of fused-ring (bicyclic) bond motifs is 1. The number of piperazine rings is 1. The van der Waals surface area contributed by atoms with E-state index in [1.807, 2.05) is 11.9 Å². The number of sulfone groups is 1. The highest BCUT2D eigenvalue weighted by atomic mass is 32.2. The molecule has 0 aromatic heterocycles. The van der Waals surface area contributed by atoms with Crippen LogP contribution in [0.3, 0.4) is 0 Å². The zero-order valence-corrected chi connectivity index (χ0v) is 18.1. The number of hydrogen-bond donors (Lipinski definition) is 1. The van der Waals surface area contributed by atoms with Gasteiger partial charge in [0.1, 0.15) is 17.5 Å². The van der Waals surface area contributed by atoms with Crippen molar-refractivity contribution < 1.29 is 23.1 Å². The largest absolute Gasteiger partial charge is 0.485 e. The van der Waals surface area contributed by atoms with E-state index in [4.69, 9.17) is 4.74 Å². The van der Waals surface area contributed by atoms with E-state index in [2.05, 4.69) is 0 Å². The molecule has 0 saturated carbocycles. The summed E-state index contributed by atoms with van der Waals surface area (Å²) >= 11 is 0. The molecule has 0 spiro atoms. The summed E-state index contributed by atoms with van der Waals surface area (Å²) < 4.78 is 32.2. The lowest BCUT2D eigenvalue weighted by molar-refractivity contribution is -0.149. The van der Waals surface area contributed by atoms with Gasteiger partial charge in [-0.2, -0.15) is 0 Å². The summed E-state index contributed by atoms with van der Waals surface area (Å²) in [7, 11) is -1.87. The molecule has 0 aliphatic carbocycles. The van der Waals surface area contributed by atoms with Crippen molar-refractivity contribution in [3.63, 3.8) is 0 Å². The number of benzene rings is 2. The average molecular weight is 431 g/mol. The van der Waals surface area contributed by atoms with E-state index >= 15 is 0 Å². The van der Waals surface area contributed by atoms with Gasteiger partial charge in [0.15, 0.2) is 0 Å². The number of ether oxygens (including phenoxy) is 1. The summed E-state index contributed by atoms with van der Waals surface area (Å²) in [5.41, 5.74) is -0.419. The normalized spacial score (nSPS) is 24.3. The number of nitrogens with zero attached hydrogens (tertiary/aromatic N) is 2. The molecular formula is C22H26N2O5S. The van der Waals surface area contributed by atoms with Gasteiger partial charge < -0.3 is 14.7 Å². The minimum atomic E-state index is -3.74. The molecule has 2 unspecified atom stereocenters. The lowest BCUT2D eigenvalue weighted by Crippen LogP contribution is -2.58. The number of aliphatic hydroxyl groups excluding tert-OH is 1. The molecule has 1 amide bonds. The number of carbonyl (C=O) groups is 1. The summed E-state index contributed by atoms with van der Waals surface area (Å²) in [5, 5.41) is 11.1. The first kappa shape index (κ1) is 20.8. The van der Waals surface area contributed by atoms with Crippen molar-refractivity contribution in [2.24, 2.45) is 0 Å². The molecule has 0 radical (unpaired) electrons. The number of aliphatic hydroxyl groups is 1. The highest BCUT2D eigenvalue weighted by Crippen LogP contribution is 2.44. The Hall–Kier alpha value is -2.42. The van der Waals surface area contributed by atoms with Gasteiger partial charge in [0, 0.05) is 18.7 Å². The van der Waals surface area contributed by atoms with Crippen LogP contribution in [0.2, 0.25) is 0 Å². The van der Waals surface area contributed by atoms with E-state index in [9.17, 15) is 18.3 Å². The highest BCUT2D eigenvalue weighted by Gasteiger charge is 2.47. The summed E-state index contributed by atoms with van der Waals surface area (Å²) in [6.07, 6.45) is -1.01. The molecule has 2 aliphatic rings. The SMILES string of the molecule is CN1CCN(C2c3cc(S(=O)(=O)c4ccccc4)ccc3OC(C)(C)C2O)C(=O)C1. The number of carbonyl (C=O) groups excluding carboxylic acids is 1. The zero-order valence-electron chi connectivity index (χ0n) is 17.3. The van der Waals surface area contributed by atoms with Crippen molar-refractivity contribution >= 4 is 15.7 Å². The van der Waals surface area contributed by atoms with E-state index in [1.54, 1.807) is 55.1 Å². The van der Waals surface area contributed by atoms with E-state index in [0.29, 0.717) is 24.4 Å². The van der Waals surface area contributed by atoms with Gasteiger partial charge in [-0.15, -0.1) is 0 Å². The van der Waals surface area contributed by atoms with E-state index < -0.39 is 27.6 Å². The van der Waals surface area contributed by atoms with Crippen LogP contribution in [-0.2, 0) is 14.6 Å². The number of hydrogen-bond acceptors (Lipinski definition) is 6. The maximum Gasteiger partial charge on any atom is 0.237 e. The highest BCUT2D eigenvalue weighted by molar-refractivity contribution is 7.91. The molecule has 2 aliphatic heterocycles. The molecule has 2 atom stereocenters. The van der Waals surface area contributed by atoms with Gasteiger partial charge in [-0.3, -0.25) is 9.69 Å². The lowest BCUT2D eigenvalue weighted by atomic mass is 9.85. The maximum atomic E-state index is 13.1. The third-order valence-corrected chi connectivity index (χ3v) is 7.60. The van der Waals surface area contributed by atoms with Crippen LogP contribution in [0.5, 0.6) is 5.75 Å². The van der Waals surface area contributed by atoms with Gasteiger partial charge in [0.25, 0.3) is 0 Å². The van der Waals surface area contributed by atoms with Crippen LogP contribution in [0, 0.1) is 0 Å². The smallest absolute Gasteiger partial charge is 0.237 e. The van der Waals surface area contributed by atoms with Crippen molar-refractivity contribution in [2.45, 2.75) is 41.4 Å². The minimum absolute atomic E-state index is 0.104. The van der Waals surface area contributed by atoms with Gasteiger partial charge in [-0.1, -0.05) is 18.2 Å². The van der Waals surface area contributed by atoms with Gasteiger partial charge >= 0.3 is 0 Å². The van der Waals surface area contributed by atoms with Crippen LogP contribution in [0.15, 0.2) is 58.3 Å². The van der Waals surface area contributed by atoms with Crippen molar-refractivity contribution in [3.8, 4) is 5.75 Å². The van der Waals surface area contributed by atoms with Crippen LogP contribution in [-0.4, -0.2) is 67.6 Å². The van der Waals surface area contributed by atoms with Crippen molar-refractivity contribution in [3.05, 3.63) is 54.1 Å². The van der Waals surface area contributed by atoms with Crippen LogP contribution >= 0.6 is 0 Å². The van der Waals surface area contributed by atoms with Crippen LogP contribution in [0.25, 0.3) is 0 Å². The first-order valence-electron chi connectivity index (χ1n) is 9.90. The number of amides is 1. The standard InChI is InChI=1S/C22H26N2O5S/c1-22(2)21(26)20(24-12-11-23(3)14-19(24)25)17-13-16(9-10-18(17)29-22)30(27,28)15-7-5-4-6-8-15/h4-10,13,20-21,26H,11-12,14H2,1-3H3. The van der Waals surface area contributed by atoms with Crippen molar-refractivity contribution in [1.29, 1.82) is 0 Å². The monoisotopic (exact) mass is 430 g/mol. The van der Waals surface area contributed by atoms with Crippen molar-refractivity contribution in [2.75, 3.05) is 26.7 Å². The molecule has 1 N–H and O–H groups in total. The van der Waals surface area contributed by atoms with E-state index in [0.717, 1.165) is 0 Å². The summed E-state index contributed by atoms with van der Waals surface area (Å²) in [4.78, 5) is 16.7. The molecule has 0 bridgehead atoms. The molecule has 2 aromatic carbocycles. The summed E-state index contributed by atoms with van der Waals surface area (Å²) in [6.45, 7) is 4.91. The minimum Gasteiger partial charge on any atom is -0.485 e. The molecule has 8 heteroatoms. The fourth-order valence-corrected chi connectivity index (χ4v) is 5.40. The van der Waals surface area contributed by atoms with Gasteiger partial charge in [-0.25, -0.2) is 8.42 Å². The Bertz CT molecular complexity index is 1070. The third-order valence-electron chi connectivity index (χ3n) is 5.83. The molecule has 4 rings (SSSR count). The Morgan fingerprint density at radius 2 is 1.77 bits per heavy atom. The predicted octanol–water partition coefficient (Wildman–Crippen LogP) is 1.87. The Kier molecular flexibility index (Phi) is 5.12. The lowest BCUT2D eigenvalue weighted by Gasteiger charge is -2.48. The van der Waals surface area contributed by atoms with Crippen LogP contribution in [0.1, 0.15) is 25.5 Å². The number of rotatable bonds is 3. The Morgan fingerprint density at radius 3 is 2.43 bits per heavy atom. The van der Waals surface area contributed by atoms with Gasteiger partial charge in [-0.05, 0) is 51.2 Å². The molecule has 7 nitrogen and oxygen atoms in total. The van der Waals surface area contributed by atoms with E-state index in [1.165, 1.54) is 12.1 Å². The van der Waals surface area contributed by atoms with Gasteiger partial charge in [0.2, 0.25) is 15.7 Å². The fourth-order valence-electron chi connectivity index (χ4n) is 4.08. The molecular weight excluding hydrogens is 404 g/mol. The fraction of sp³-hybridized carbons (Fsp3) is 0.409. The third kappa shape index (κ3) is 3.49. The topological polar surface area (TPSA) is 87.2 Å². The first-order chi connectivity index (χ1) is 14.1. The zero-order chi connectivity index (χ0) is 21.7. The first-order valence-corrected chi connectivity index (χ1v) is 11.4. The Labute approximate surface area is 176 Å². The molecule has 2 aromatic rings. The van der Waals surface area contributed by atoms with E-state index in [-0.39, 0.29) is 22.2 Å². The van der Waals surface area contributed by atoms with Crippen molar-refractivity contribution in [1.82, 2.24) is 9.80 Å².